The van der Waals surface area contributed by atoms with E-state index in [1.807, 2.05) is 0 Å². The number of rotatable bonds is 6. The molecule has 0 aromatic heterocycles. The van der Waals surface area contributed by atoms with Crippen molar-refractivity contribution in [1.29, 1.82) is 0 Å². The number of carbonyl (C=O) groups excluding carboxylic acids is 1. The van der Waals surface area contributed by atoms with E-state index in [9.17, 15) is 13.2 Å². The fourth-order valence-electron chi connectivity index (χ4n) is 2.17. The number of sulfonamides is 1. The van der Waals surface area contributed by atoms with E-state index in [0.29, 0.717) is 21.2 Å². The summed E-state index contributed by atoms with van der Waals surface area (Å²) in [5, 5.41) is 3.53. The van der Waals surface area contributed by atoms with Crippen LogP contribution in [0.25, 0.3) is 6.08 Å². The van der Waals surface area contributed by atoms with Gasteiger partial charge in [0.05, 0.1) is 4.90 Å². The summed E-state index contributed by atoms with van der Waals surface area (Å²) in [6, 6.07) is 11.6. The fraction of sp³-hybridized carbons (Fsp3) is 0.167. The predicted molar refractivity (Wildman–Crippen MR) is 105 cm³/mol. The molecule has 138 valence electrons. The van der Waals surface area contributed by atoms with Crippen LogP contribution >= 0.6 is 23.2 Å². The first kappa shape index (κ1) is 20.5. The zero-order chi connectivity index (χ0) is 19.3. The lowest BCUT2D eigenvalue weighted by atomic mass is 10.2. The standard InChI is InChI=1S/C18H18Cl2N2O3S/c1-22(2)26(24,25)17-9-4-3-6-13(17)12-21-18(23)11-10-14-15(19)7-5-8-16(14)20/h3-11H,12H2,1-2H3,(H,21,23)/b11-10+. The zero-order valence-corrected chi connectivity index (χ0v) is 16.6. The number of benzene rings is 2. The highest BCUT2D eigenvalue weighted by Gasteiger charge is 2.20. The second kappa shape index (κ2) is 8.68. The van der Waals surface area contributed by atoms with E-state index < -0.39 is 15.9 Å². The smallest absolute Gasteiger partial charge is 0.244 e. The number of halogens is 2. The highest BCUT2D eigenvalue weighted by atomic mass is 35.5. The highest BCUT2D eigenvalue weighted by Crippen LogP contribution is 2.25. The Bertz CT molecular complexity index is 921. The van der Waals surface area contributed by atoms with Crippen molar-refractivity contribution in [3.05, 3.63) is 69.7 Å². The van der Waals surface area contributed by atoms with Crippen LogP contribution in [0.3, 0.4) is 0 Å². The summed E-state index contributed by atoms with van der Waals surface area (Å²) in [6.07, 6.45) is 2.82. The minimum Gasteiger partial charge on any atom is -0.348 e. The maximum Gasteiger partial charge on any atom is 0.244 e. The van der Waals surface area contributed by atoms with Gasteiger partial charge in [0.25, 0.3) is 0 Å². The van der Waals surface area contributed by atoms with Crippen molar-refractivity contribution in [2.45, 2.75) is 11.4 Å². The molecular formula is C18H18Cl2N2O3S. The van der Waals surface area contributed by atoms with Crippen LogP contribution in [0, 0.1) is 0 Å². The quantitative estimate of drug-likeness (QED) is 0.737. The highest BCUT2D eigenvalue weighted by molar-refractivity contribution is 7.89. The van der Waals surface area contributed by atoms with Crippen LogP contribution in [0.5, 0.6) is 0 Å². The molecule has 0 aliphatic heterocycles. The minimum atomic E-state index is -3.59. The minimum absolute atomic E-state index is 0.0721. The van der Waals surface area contributed by atoms with Crippen LogP contribution in [0.4, 0.5) is 0 Å². The molecule has 8 heteroatoms. The fourth-order valence-corrected chi connectivity index (χ4v) is 3.81. The van der Waals surface area contributed by atoms with Gasteiger partial charge in [0.1, 0.15) is 0 Å². The van der Waals surface area contributed by atoms with Gasteiger partial charge in [-0.2, -0.15) is 0 Å². The predicted octanol–water partition coefficient (Wildman–Crippen LogP) is 3.57. The molecule has 0 atom stereocenters. The van der Waals surface area contributed by atoms with Crippen molar-refractivity contribution in [2.75, 3.05) is 14.1 Å². The molecule has 0 fully saturated rings. The van der Waals surface area contributed by atoms with Gasteiger partial charge in [0, 0.05) is 42.3 Å². The van der Waals surface area contributed by atoms with Gasteiger partial charge in [0.15, 0.2) is 0 Å². The lowest BCUT2D eigenvalue weighted by Crippen LogP contribution is -2.26. The zero-order valence-electron chi connectivity index (χ0n) is 14.2. The Hall–Kier alpha value is -1.86. The second-order valence-electron chi connectivity index (χ2n) is 5.58. The van der Waals surface area contributed by atoms with Gasteiger partial charge in [-0.25, -0.2) is 12.7 Å². The lowest BCUT2D eigenvalue weighted by Gasteiger charge is -2.15. The van der Waals surface area contributed by atoms with Crippen molar-refractivity contribution in [2.24, 2.45) is 0 Å². The van der Waals surface area contributed by atoms with Gasteiger partial charge in [-0.05, 0) is 29.8 Å². The maximum absolute atomic E-state index is 12.4. The summed E-state index contributed by atoms with van der Waals surface area (Å²) in [6.45, 7) is 0.0721. The van der Waals surface area contributed by atoms with Crippen LogP contribution in [0.1, 0.15) is 11.1 Å². The third kappa shape index (κ3) is 4.86. The van der Waals surface area contributed by atoms with Crippen molar-refractivity contribution >= 4 is 45.2 Å². The Morgan fingerprint density at radius 1 is 1.08 bits per heavy atom. The van der Waals surface area contributed by atoms with Crippen molar-refractivity contribution in [1.82, 2.24) is 9.62 Å². The summed E-state index contributed by atoms with van der Waals surface area (Å²) in [5.74, 6) is -0.391. The molecule has 0 heterocycles. The number of hydrogen-bond acceptors (Lipinski definition) is 3. The monoisotopic (exact) mass is 412 g/mol. The average Bonchev–Trinajstić information content (AvgIpc) is 2.59. The number of amides is 1. The summed E-state index contributed by atoms with van der Waals surface area (Å²) >= 11 is 12.1. The number of carbonyl (C=O) groups is 1. The molecule has 0 spiro atoms. The van der Waals surface area contributed by atoms with Crippen LogP contribution in [-0.2, 0) is 21.4 Å². The molecule has 0 bridgehead atoms. The van der Waals surface area contributed by atoms with E-state index in [4.69, 9.17) is 23.2 Å². The molecule has 0 aliphatic carbocycles. The molecule has 0 radical (unpaired) electrons. The van der Waals surface area contributed by atoms with Gasteiger partial charge in [-0.15, -0.1) is 0 Å². The number of nitrogens with zero attached hydrogens (tertiary/aromatic N) is 1. The van der Waals surface area contributed by atoms with E-state index in [1.165, 1.54) is 32.3 Å². The Labute approximate surface area is 163 Å². The average molecular weight is 413 g/mol. The third-order valence-corrected chi connectivity index (χ3v) is 6.16. The summed E-state index contributed by atoms with van der Waals surface area (Å²) in [7, 11) is -0.675. The molecule has 2 aromatic carbocycles. The van der Waals surface area contributed by atoms with Gasteiger partial charge >= 0.3 is 0 Å². The molecule has 2 aromatic rings. The molecule has 0 unspecified atom stereocenters. The maximum atomic E-state index is 12.4. The Morgan fingerprint density at radius 2 is 1.69 bits per heavy atom. The third-order valence-electron chi connectivity index (χ3n) is 3.59. The van der Waals surface area contributed by atoms with Crippen molar-refractivity contribution in [3.63, 3.8) is 0 Å². The Kier molecular flexibility index (Phi) is 6.83. The summed E-state index contributed by atoms with van der Waals surface area (Å²) in [5.41, 5.74) is 1.04. The lowest BCUT2D eigenvalue weighted by molar-refractivity contribution is -0.116. The van der Waals surface area contributed by atoms with Gasteiger partial charge in [-0.3, -0.25) is 4.79 Å². The number of nitrogens with one attached hydrogen (secondary N) is 1. The van der Waals surface area contributed by atoms with E-state index in [0.717, 1.165) is 4.31 Å². The summed E-state index contributed by atoms with van der Waals surface area (Å²) < 4.78 is 25.8. The van der Waals surface area contributed by atoms with Crippen molar-refractivity contribution in [3.8, 4) is 0 Å². The SMILES string of the molecule is CN(C)S(=O)(=O)c1ccccc1CNC(=O)/C=C/c1c(Cl)cccc1Cl. The first-order valence-electron chi connectivity index (χ1n) is 7.64. The second-order valence-corrected chi connectivity index (χ2v) is 8.52. The topological polar surface area (TPSA) is 66.5 Å². The molecule has 2 rings (SSSR count). The first-order valence-corrected chi connectivity index (χ1v) is 9.83. The molecule has 1 N–H and O–H groups in total. The molecule has 0 aliphatic rings. The van der Waals surface area contributed by atoms with E-state index in [-0.39, 0.29) is 11.4 Å². The molecule has 0 saturated heterocycles. The molecule has 1 amide bonds. The van der Waals surface area contributed by atoms with E-state index in [1.54, 1.807) is 36.4 Å². The molecule has 0 saturated carbocycles. The van der Waals surface area contributed by atoms with Crippen LogP contribution in [0.15, 0.2) is 53.4 Å². The van der Waals surface area contributed by atoms with Crippen LogP contribution in [-0.4, -0.2) is 32.7 Å². The molecule has 5 nitrogen and oxygen atoms in total. The molecule has 26 heavy (non-hydrogen) atoms. The van der Waals surface area contributed by atoms with E-state index >= 15 is 0 Å². The summed E-state index contributed by atoms with van der Waals surface area (Å²) in [4.78, 5) is 12.2. The Morgan fingerprint density at radius 3 is 2.31 bits per heavy atom. The Balaban J connectivity index is 2.13. The largest absolute Gasteiger partial charge is 0.348 e. The van der Waals surface area contributed by atoms with E-state index in [2.05, 4.69) is 5.32 Å². The first-order chi connectivity index (χ1) is 12.2. The van der Waals surface area contributed by atoms with Crippen molar-refractivity contribution < 1.29 is 13.2 Å². The number of hydrogen-bond donors (Lipinski definition) is 1. The van der Waals surface area contributed by atoms with Gasteiger partial charge in [0.2, 0.25) is 15.9 Å². The van der Waals surface area contributed by atoms with Crippen LogP contribution in [0.2, 0.25) is 10.0 Å². The normalized spacial score (nSPS) is 11.9. The van der Waals surface area contributed by atoms with Gasteiger partial charge in [-0.1, -0.05) is 47.5 Å². The van der Waals surface area contributed by atoms with Gasteiger partial charge < -0.3 is 5.32 Å². The van der Waals surface area contributed by atoms with Crippen LogP contribution < -0.4 is 5.32 Å². The molecular weight excluding hydrogens is 395 g/mol.